The van der Waals surface area contributed by atoms with Crippen molar-refractivity contribution in [2.75, 3.05) is 20.1 Å². The Labute approximate surface area is 72.5 Å². The van der Waals surface area contributed by atoms with Crippen molar-refractivity contribution in [3.05, 3.63) is 11.5 Å². The van der Waals surface area contributed by atoms with Crippen molar-refractivity contribution < 1.29 is 4.74 Å². The van der Waals surface area contributed by atoms with Crippen LogP contribution in [0, 0.1) is 0 Å². The summed E-state index contributed by atoms with van der Waals surface area (Å²) in [4.78, 5) is 3.85. The third-order valence-corrected chi connectivity index (χ3v) is 1.75. The average molecular weight is 169 g/mol. The van der Waals surface area contributed by atoms with Gasteiger partial charge in [-0.1, -0.05) is 0 Å². The monoisotopic (exact) mass is 169 g/mol. The summed E-state index contributed by atoms with van der Waals surface area (Å²) in [6.45, 7) is 3.66. The fourth-order valence-corrected chi connectivity index (χ4v) is 0.875. The van der Waals surface area contributed by atoms with Gasteiger partial charge in [-0.15, -0.1) is 0 Å². The molecule has 1 saturated heterocycles. The minimum Gasteiger partial charge on any atom is -0.473 e. The van der Waals surface area contributed by atoms with Gasteiger partial charge in [0, 0.05) is 31.9 Å². The van der Waals surface area contributed by atoms with Crippen molar-refractivity contribution in [3.8, 4) is 0 Å². The Kier molecular flexibility index (Phi) is 3.10. The highest BCUT2D eigenvalue weighted by molar-refractivity contribution is 5.77. The third kappa shape index (κ3) is 2.23. The molecule has 1 aliphatic rings. The van der Waals surface area contributed by atoms with E-state index in [1.54, 1.807) is 13.3 Å². The first-order valence-corrected chi connectivity index (χ1v) is 4.00. The molecule has 4 nitrogen and oxygen atoms in total. The SMILES string of the molecule is CN=CC(C)=C(N)OC1CNC1. The number of nitrogens with two attached hydrogens (primary N) is 1. The van der Waals surface area contributed by atoms with Gasteiger partial charge in [-0.2, -0.15) is 0 Å². The highest BCUT2D eigenvalue weighted by Gasteiger charge is 2.18. The average Bonchev–Trinajstić information content (AvgIpc) is 1.97. The van der Waals surface area contributed by atoms with Gasteiger partial charge in [-0.05, 0) is 6.92 Å². The number of nitrogens with zero attached hydrogens (tertiary/aromatic N) is 1. The minimum absolute atomic E-state index is 0.241. The lowest BCUT2D eigenvalue weighted by atomic mass is 10.2. The van der Waals surface area contributed by atoms with E-state index >= 15 is 0 Å². The first kappa shape index (κ1) is 9.06. The first-order valence-electron chi connectivity index (χ1n) is 4.00. The van der Waals surface area contributed by atoms with Gasteiger partial charge in [-0.25, -0.2) is 0 Å². The maximum absolute atomic E-state index is 5.65. The van der Waals surface area contributed by atoms with Gasteiger partial charge in [0.25, 0.3) is 0 Å². The van der Waals surface area contributed by atoms with Crippen LogP contribution in [0.3, 0.4) is 0 Å². The second kappa shape index (κ2) is 4.11. The van der Waals surface area contributed by atoms with Gasteiger partial charge in [0.2, 0.25) is 0 Å². The highest BCUT2D eigenvalue weighted by atomic mass is 16.5. The smallest absolute Gasteiger partial charge is 0.188 e. The Hall–Kier alpha value is -1.03. The van der Waals surface area contributed by atoms with Crippen molar-refractivity contribution in [1.29, 1.82) is 0 Å². The zero-order chi connectivity index (χ0) is 8.97. The fourth-order valence-electron chi connectivity index (χ4n) is 0.875. The Morgan fingerprint density at radius 3 is 2.75 bits per heavy atom. The van der Waals surface area contributed by atoms with Crippen molar-refractivity contribution in [3.63, 3.8) is 0 Å². The summed E-state index contributed by atoms with van der Waals surface area (Å²) in [6.07, 6.45) is 1.94. The van der Waals surface area contributed by atoms with E-state index in [2.05, 4.69) is 10.3 Å². The van der Waals surface area contributed by atoms with E-state index < -0.39 is 0 Å². The highest BCUT2D eigenvalue weighted by Crippen LogP contribution is 2.05. The van der Waals surface area contributed by atoms with Gasteiger partial charge in [0.05, 0.1) is 0 Å². The molecule has 0 aromatic rings. The van der Waals surface area contributed by atoms with E-state index in [9.17, 15) is 0 Å². The molecule has 0 aliphatic carbocycles. The molecule has 0 atom stereocenters. The van der Waals surface area contributed by atoms with Crippen LogP contribution in [0.5, 0.6) is 0 Å². The van der Waals surface area contributed by atoms with Crippen LogP contribution in [-0.2, 0) is 4.74 Å². The lowest BCUT2D eigenvalue weighted by molar-refractivity contribution is 0.0686. The van der Waals surface area contributed by atoms with Crippen LogP contribution in [0.2, 0.25) is 0 Å². The molecule has 0 aromatic carbocycles. The molecule has 1 heterocycles. The zero-order valence-electron chi connectivity index (χ0n) is 7.50. The quantitative estimate of drug-likeness (QED) is 0.457. The standard InChI is InChI=1S/C8H15N3O/c1-6(3-10-2)8(9)12-7-4-11-5-7/h3,7,11H,4-5,9H2,1-2H3. The molecule has 3 N–H and O–H groups in total. The number of hydrogen-bond acceptors (Lipinski definition) is 4. The largest absolute Gasteiger partial charge is 0.473 e. The van der Waals surface area contributed by atoms with E-state index in [-0.39, 0.29) is 6.10 Å². The van der Waals surface area contributed by atoms with Crippen LogP contribution >= 0.6 is 0 Å². The molecule has 0 amide bonds. The van der Waals surface area contributed by atoms with Crippen molar-refractivity contribution in [2.24, 2.45) is 10.7 Å². The fraction of sp³-hybridized carbons (Fsp3) is 0.625. The number of ether oxygens (including phenoxy) is 1. The molecule has 4 heteroatoms. The van der Waals surface area contributed by atoms with Crippen LogP contribution < -0.4 is 11.1 Å². The Morgan fingerprint density at radius 1 is 1.67 bits per heavy atom. The summed E-state index contributed by atoms with van der Waals surface area (Å²) in [5.41, 5.74) is 6.53. The Bertz CT molecular complexity index is 206. The first-order chi connectivity index (χ1) is 5.74. The lowest BCUT2D eigenvalue weighted by Gasteiger charge is -2.28. The van der Waals surface area contributed by atoms with E-state index in [4.69, 9.17) is 10.5 Å². The van der Waals surface area contributed by atoms with Crippen LogP contribution in [0.4, 0.5) is 0 Å². The summed E-state index contributed by atoms with van der Waals surface area (Å²) >= 11 is 0. The van der Waals surface area contributed by atoms with Crippen molar-refractivity contribution >= 4 is 6.21 Å². The van der Waals surface area contributed by atoms with Gasteiger partial charge in [0.15, 0.2) is 5.88 Å². The predicted molar refractivity (Wildman–Crippen MR) is 49.0 cm³/mol. The molecule has 1 rings (SSSR count). The molecule has 0 unspecified atom stereocenters. The number of nitrogens with one attached hydrogen (secondary N) is 1. The van der Waals surface area contributed by atoms with E-state index in [1.807, 2.05) is 6.92 Å². The normalized spacial score (nSPS) is 20.5. The molecule has 1 fully saturated rings. The molecule has 68 valence electrons. The molecule has 1 aliphatic heterocycles. The molecular weight excluding hydrogens is 154 g/mol. The third-order valence-electron chi connectivity index (χ3n) is 1.75. The van der Waals surface area contributed by atoms with Gasteiger partial charge < -0.3 is 15.8 Å². The lowest BCUT2D eigenvalue weighted by Crippen LogP contribution is -2.48. The Balaban J connectivity index is 2.42. The topological polar surface area (TPSA) is 59.6 Å². The summed E-state index contributed by atoms with van der Waals surface area (Å²) < 4.78 is 5.40. The van der Waals surface area contributed by atoms with Crippen LogP contribution in [0.15, 0.2) is 16.4 Å². The summed E-state index contributed by atoms with van der Waals surface area (Å²) in [5.74, 6) is 0.479. The second-order valence-corrected chi connectivity index (χ2v) is 2.83. The summed E-state index contributed by atoms with van der Waals surface area (Å²) in [6, 6.07) is 0. The molecule has 0 radical (unpaired) electrons. The zero-order valence-corrected chi connectivity index (χ0v) is 7.50. The van der Waals surface area contributed by atoms with E-state index in [0.29, 0.717) is 5.88 Å². The van der Waals surface area contributed by atoms with Crippen LogP contribution in [-0.4, -0.2) is 32.5 Å². The molecular formula is C8H15N3O. The maximum atomic E-state index is 5.65. The van der Waals surface area contributed by atoms with Gasteiger partial charge >= 0.3 is 0 Å². The number of rotatable bonds is 3. The van der Waals surface area contributed by atoms with Crippen LogP contribution in [0.1, 0.15) is 6.92 Å². The maximum Gasteiger partial charge on any atom is 0.188 e. The number of hydrogen-bond donors (Lipinski definition) is 2. The molecule has 0 spiro atoms. The van der Waals surface area contributed by atoms with Gasteiger partial charge in [-0.3, -0.25) is 4.99 Å². The van der Waals surface area contributed by atoms with Crippen molar-refractivity contribution in [1.82, 2.24) is 5.32 Å². The van der Waals surface area contributed by atoms with E-state index in [1.165, 1.54) is 0 Å². The summed E-state index contributed by atoms with van der Waals surface area (Å²) in [7, 11) is 1.71. The van der Waals surface area contributed by atoms with Crippen LogP contribution in [0.25, 0.3) is 0 Å². The second-order valence-electron chi connectivity index (χ2n) is 2.83. The molecule has 0 bridgehead atoms. The Morgan fingerprint density at radius 2 is 2.33 bits per heavy atom. The predicted octanol–water partition coefficient (Wildman–Crippen LogP) is -0.134. The minimum atomic E-state index is 0.241. The number of aliphatic imine (C=N–C) groups is 1. The summed E-state index contributed by atoms with van der Waals surface area (Å²) in [5, 5.41) is 3.10. The molecule has 12 heavy (non-hydrogen) atoms. The molecule has 0 aromatic heterocycles. The van der Waals surface area contributed by atoms with E-state index in [0.717, 1.165) is 18.7 Å². The van der Waals surface area contributed by atoms with Crippen molar-refractivity contribution in [2.45, 2.75) is 13.0 Å². The number of allylic oxidation sites excluding steroid dienone is 1. The van der Waals surface area contributed by atoms with Gasteiger partial charge in [0.1, 0.15) is 6.10 Å². The molecule has 0 saturated carbocycles.